The Bertz CT molecular complexity index is 593. The number of nitriles is 1. The molecule has 1 unspecified atom stereocenters. The molecule has 0 spiro atoms. The Labute approximate surface area is 113 Å². The molecule has 0 aliphatic rings. The van der Waals surface area contributed by atoms with Crippen LogP contribution < -0.4 is 0 Å². The van der Waals surface area contributed by atoms with Gasteiger partial charge in [-0.25, -0.2) is 0 Å². The molecule has 1 atom stereocenters. The normalized spacial score (nSPS) is 11.6. The van der Waals surface area contributed by atoms with Gasteiger partial charge in [0.15, 0.2) is 5.78 Å². The maximum Gasteiger partial charge on any atom is 0.166 e. The highest BCUT2D eigenvalue weighted by Crippen LogP contribution is 2.20. The summed E-state index contributed by atoms with van der Waals surface area (Å²) < 4.78 is 0. The minimum absolute atomic E-state index is 0.0289. The molecule has 0 saturated heterocycles. The zero-order valence-electron chi connectivity index (χ0n) is 10.8. The summed E-state index contributed by atoms with van der Waals surface area (Å²) in [6, 6.07) is 19.6. The number of benzene rings is 2. The van der Waals surface area contributed by atoms with Crippen LogP contribution in [0.2, 0.25) is 0 Å². The Hall–Kier alpha value is -2.40. The van der Waals surface area contributed by atoms with Crippen LogP contribution in [0.1, 0.15) is 23.7 Å². The molecule has 0 aliphatic carbocycles. The van der Waals surface area contributed by atoms with Crippen molar-refractivity contribution in [3.63, 3.8) is 0 Å². The van der Waals surface area contributed by atoms with Gasteiger partial charge >= 0.3 is 0 Å². The zero-order chi connectivity index (χ0) is 13.7. The fourth-order valence-corrected chi connectivity index (χ4v) is 1.97. The van der Waals surface area contributed by atoms with Gasteiger partial charge in [0.2, 0.25) is 0 Å². The van der Waals surface area contributed by atoms with Crippen molar-refractivity contribution in [2.24, 2.45) is 5.92 Å². The van der Waals surface area contributed by atoms with Gasteiger partial charge in [0.05, 0.1) is 6.07 Å². The third-order valence-electron chi connectivity index (χ3n) is 3.12. The van der Waals surface area contributed by atoms with Crippen LogP contribution in [0.3, 0.4) is 0 Å². The van der Waals surface area contributed by atoms with Crippen molar-refractivity contribution in [3.8, 4) is 17.2 Å². The van der Waals surface area contributed by atoms with Crippen LogP contribution in [0.15, 0.2) is 54.6 Å². The second-order valence-corrected chi connectivity index (χ2v) is 4.57. The minimum Gasteiger partial charge on any atom is -0.294 e. The maximum atomic E-state index is 12.0. The lowest BCUT2D eigenvalue weighted by atomic mass is 9.95. The second kappa shape index (κ2) is 5.97. The summed E-state index contributed by atoms with van der Waals surface area (Å²) in [6.07, 6.45) is 0.263. The summed E-state index contributed by atoms with van der Waals surface area (Å²) in [5.41, 5.74) is 2.89. The number of Topliss-reactive ketones (excluding diaryl/α,β-unsaturated/α-hetero) is 1. The van der Waals surface area contributed by atoms with E-state index in [1.54, 1.807) is 6.92 Å². The quantitative estimate of drug-likeness (QED) is 0.766. The standard InChI is InChI=1S/C17H15NO/c1-13(11-12-18)17(19)16-9-7-15(8-10-16)14-5-3-2-4-6-14/h2-10,13H,11H2,1H3. The molecule has 2 aromatic rings. The van der Waals surface area contributed by atoms with E-state index in [0.29, 0.717) is 5.56 Å². The van der Waals surface area contributed by atoms with Crippen LogP contribution in [-0.4, -0.2) is 5.78 Å². The lowest BCUT2D eigenvalue weighted by molar-refractivity contribution is 0.0932. The average Bonchev–Trinajstić information content (AvgIpc) is 2.48. The Kier molecular flexibility index (Phi) is 4.10. The van der Waals surface area contributed by atoms with E-state index in [0.717, 1.165) is 11.1 Å². The number of carbonyl (C=O) groups excluding carboxylic acids is 1. The topological polar surface area (TPSA) is 40.9 Å². The molecule has 0 aliphatic heterocycles. The van der Waals surface area contributed by atoms with E-state index >= 15 is 0 Å². The van der Waals surface area contributed by atoms with Crippen molar-refractivity contribution in [2.75, 3.05) is 0 Å². The first-order chi connectivity index (χ1) is 9.22. The van der Waals surface area contributed by atoms with Crippen LogP contribution in [0.4, 0.5) is 0 Å². The van der Waals surface area contributed by atoms with Crippen molar-refractivity contribution < 1.29 is 4.79 Å². The average molecular weight is 249 g/mol. The van der Waals surface area contributed by atoms with Gasteiger partial charge in [-0.1, -0.05) is 61.5 Å². The Balaban J connectivity index is 2.20. The second-order valence-electron chi connectivity index (χ2n) is 4.57. The smallest absolute Gasteiger partial charge is 0.166 e. The Morgan fingerprint density at radius 1 is 1.05 bits per heavy atom. The largest absolute Gasteiger partial charge is 0.294 e. The lowest BCUT2D eigenvalue weighted by Crippen LogP contribution is -2.10. The zero-order valence-corrected chi connectivity index (χ0v) is 10.8. The van der Waals surface area contributed by atoms with Gasteiger partial charge in [-0.05, 0) is 11.1 Å². The Morgan fingerprint density at radius 2 is 1.63 bits per heavy atom. The predicted octanol–water partition coefficient (Wildman–Crippen LogP) is 4.09. The van der Waals surface area contributed by atoms with Crippen LogP contribution in [0.25, 0.3) is 11.1 Å². The maximum absolute atomic E-state index is 12.0. The molecule has 2 aromatic carbocycles. The summed E-state index contributed by atoms with van der Waals surface area (Å²) in [6.45, 7) is 1.79. The molecular weight excluding hydrogens is 234 g/mol. The van der Waals surface area contributed by atoms with Crippen LogP contribution in [-0.2, 0) is 0 Å². The highest BCUT2D eigenvalue weighted by atomic mass is 16.1. The molecule has 0 fully saturated rings. The molecule has 2 nitrogen and oxygen atoms in total. The SMILES string of the molecule is CC(CC#N)C(=O)c1ccc(-c2ccccc2)cc1. The van der Waals surface area contributed by atoms with Gasteiger partial charge in [-0.15, -0.1) is 0 Å². The number of rotatable bonds is 4. The van der Waals surface area contributed by atoms with E-state index in [1.807, 2.05) is 60.7 Å². The van der Waals surface area contributed by atoms with Gasteiger partial charge in [0, 0.05) is 17.9 Å². The lowest BCUT2D eigenvalue weighted by Gasteiger charge is -2.07. The number of nitrogens with zero attached hydrogens (tertiary/aromatic N) is 1. The monoisotopic (exact) mass is 249 g/mol. The first-order valence-corrected chi connectivity index (χ1v) is 6.29. The van der Waals surface area contributed by atoms with Crippen LogP contribution in [0, 0.1) is 17.2 Å². The van der Waals surface area contributed by atoms with Crippen LogP contribution in [0.5, 0.6) is 0 Å². The number of carbonyl (C=O) groups is 1. The number of hydrogen-bond donors (Lipinski definition) is 0. The van der Waals surface area contributed by atoms with E-state index in [2.05, 4.69) is 0 Å². The van der Waals surface area contributed by atoms with Crippen molar-refractivity contribution in [2.45, 2.75) is 13.3 Å². The van der Waals surface area contributed by atoms with E-state index < -0.39 is 0 Å². The van der Waals surface area contributed by atoms with Crippen molar-refractivity contribution >= 4 is 5.78 Å². The molecule has 0 amide bonds. The molecule has 0 heterocycles. The van der Waals surface area contributed by atoms with Gasteiger partial charge in [-0.3, -0.25) is 4.79 Å². The molecular formula is C17H15NO. The van der Waals surface area contributed by atoms with Gasteiger partial charge in [-0.2, -0.15) is 5.26 Å². The van der Waals surface area contributed by atoms with Crippen molar-refractivity contribution in [1.82, 2.24) is 0 Å². The molecule has 0 aromatic heterocycles. The number of hydrogen-bond acceptors (Lipinski definition) is 2. The molecule has 94 valence electrons. The summed E-state index contributed by atoms with van der Waals surface area (Å²) in [7, 11) is 0. The minimum atomic E-state index is -0.243. The van der Waals surface area contributed by atoms with E-state index in [-0.39, 0.29) is 18.1 Å². The van der Waals surface area contributed by atoms with Crippen LogP contribution >= 0.6 is 0 Å². The summed E-state index contributed by atoms with van der Waals surface area (Å²) in [4.78, 5) is 12.0. The van der Waals surface area contributed by atoms with Crippen molar-refractivity contribution in [3.05, 3.63) is 60.2 Å². The summed E-state index contributed by atoms with van der Waals surface area (Å²) >= 11 is 0. The first kappa shape index (κ1) is 13.0. The molecule has 2 heteroatoms. The highest BCUT2D eigenvalue weighted by Gasteiger charge is 2.14. The molecule has 0 N–H and O–H groups in total. The van der Waals surface area contributed by atoms with Gasteiger partial charge < -0.3 is 0 Å². The molecule has 19 heavy (non-hydrogen) atoms. The third-order valence-corrected chi connectivity index (χ3v) is 3.12. The molecule has 0 saturated carbocycles. The van der Waals surface area contributed by atoms with E-state index in [9.17, 15) is 4.79 Å². The fourth-order valence-electron chi connectivity index (χ4n) is 1.97. The molecule has 0 radical (unpaired) electrons. The fraction of sp³-hybridized carbons (Fsp3) is 0.176. The van der Waals surface area contributed by atoms with E-state index in [4.69, 9.17) is 5.26 Å². The van der Waals surface area contributed by atoms with Gasteiger partial charge in [0.25, 0.3) is 0 Å². The molecule has 0 bridgehead atoms. The first-order valence-electron chi connectivity index (χ1n) is 6.29. The highest BCUT2D eigenvalue weighted by molar-refractivity contribution is 5.98. The van der Waals surface area contributed by atoms with E-state index in [1.165, 1.54) is 0 Å². The Morgan fingerprint density at radius 3 is 2.21 bits per heavy atom. The molecule has 2 rings (SSSR count). The van der Waals surface area contributed by atoms with Crippen molar-refractivity contribution in [1.29, 1.82) is 5.26 Å². The number of ketones is 1. The summed E-state index contributed by atoms with van der Waals surface area (Å²) in [5, 5.41) is 8.62. The summed E-state index contributed by atoms with van der Waals surface area (Å²) in [5.74, 6) is -0.214. The third kappa shape index (κ3) is 3.08. The van der Waals surface area contributed by atoms with Gasteiger partial charge in [0.1, 0.15) is 0 Å². The predicted molar refractivity (Wildman–Crippen MR) is 75.6 cm³/mol.